The summed E-state index contributed by atoms with van der Waals surface area (Å²) in [5, 5.41) is 0. The summed E-state index contributed by atoms with van der Waals surface area (Å²) in [5.41, 5.74) is 9.24. The molecule has 2 N–H and O–H groups in total. The lowest BCUT2D eigenvalue weighted by Gasteiger charge is -2.16. The monoisotopic (exact) mass is 258 g/mol. The highest BCUT2D eigenvalue weighted by Crippen LogP contribution is 2.69. The van der Waals surface area contributed by atoms with Crippen LogP contribution < -0.4 is 5.73 Å². The number of nitrogens with zero attached hydrogens (tertiary/aromatic N) is 1. The molecule has 0 unspecified atom stereocenters. The van der Waals surface area contributed by atoms with Crippen LogP contribution in [0.15, 0.2) is 18.2 Å². The molecule has 2 aliphatic rings. The number of anilines is 1. The molecule has 0 bridgehead atoms. The molecule has 1 aromatic carbocycles. The number of carbonyl (C=O) groups is 1. The molecule has 0 radical (unpaired) electrons. The van der Waals surface area contributed by atoms with Crippen LogP contribution in [0.25, 0.3) is 0 Å². The molecule has 0 saturated heterocycles. The molecule has 0 spiro atoms. The van der Waals surface area contributed by atoms with E-state index in [9.17, 15) is 4.79 Å². The molecular formula is C16H22N2O. The maximum atomic E-state index is 12.7. The highest BCUT2D eigenvalue weighted by Gasteiger charge is 2.68. The van der Waals surface area contributed by atoms with Crippen molar-refractivity contribution in [3.8, 4) is 0 Å². The first kappa shape index (κ1) is 12.5. The molecule has 3 heteroatoms. The van der Waals surface area contributed by atoms with Crippen molar-refractivity contribution in [1.82, 2.24) is 4.90 Å². The highest BCUT2D eigenvalue weighted by atomic mass is 16.2. The minimum absolute atomic E-state index is 0.109. The number of carbonyl (C=O) groups excluding carboxylic acids is 1. The summed E-state index contributed by atoms with van der Waals surface area (Å²) in [6, 6.07) is 5.95. The zero-order valence-electron chi connectivity index (χ0n) is 12.2. The summed E-state index contributed by atoms with van der Waals surface area (Å²) < 4.78 is 0. The third kappa shape index (κ3) is 1.60. The summed E-state index contributed by atoms with van der Waals surface area (Å²) in [6.45, 7) is 10.2. The fraction of sp³-hybridized carbons (Fsp3) is 0.562. The summed E-state index contributed by atoms with van der Waals surface area (Å²) in [4.78, 5) is 14.7. The molecular weight excluding hydrogens is 236 g/mol. The Morgan fingerprint density at radius 3 is 2.32 bits per heavy atom. The zero-order valence-corrected chi connectivity index (χ0v) is 12.2. The number of rotatable bonds is 1. The van der Waals surface area contributed by atoms with Gasteiger partial charge in [-0.1, -0.05) is 33.8 Å². The molecule has 0 aromatic heterocycles. The van der Waals surface area contributed by atoms with Gasteiger partial charge in [0.1, 0.15) is 0 Å². The van der Waals surface area contributed by atoms with Crippen molar-refractivity contribution in [1.29, 1.82) is 0 Å². The van der Waals surface area contributed by atoms with Gasteiger partial charge in [0, 0.05) is 24.7 Å². The van der Waals surface area contributed by atoms with Gasteiger partial charge in [-0.3, -0.25) is 4.79 Å². The second-order valence-corrected chi connectivity index (χ2v) is 7.10. The smallest absolute Gasteiger partial charge is 0.227 e. The van der Waals surface area contributed by atoms with Crippen LogP contribution in [0.2, 0.25) is 0 Å². The Labute approximate surface area is 114 Å². The molecule has 102 valence electrons. The van der Waals surface area contributed by atoms with Gasteiger partial charge in [0.25, 0.3) is 0 Å². The van der Waals surface area contributed by atoms with E-state index in [1.165, 1.54) is 11.1 Å². The van der Waals surface area contributed by atoms with E-state index in [1.54, 1.807) is 0 Å². The Kier molecular flexibility index (Phi) is 2.32. The van der Waals surface area contributed by atoms with E-state index in [0.29, 0.717) is 12.5 Å². The molecule has 1 amide bonds. The highest BCUT2D eigenvalue weighted by molar-refractivity contribution is 5.84. The molecule has 0 atom stereocenters. The lowest BCUT2D eigenvalue weighted by molar-refractivity contribution is -0.134. The van der Waals surface area contributed by atoms with Crippen molar-refractivity contribution in [2.45, 2.75) is 40.8 Å². The number of hydrogen-bond acceptors (Lipinski definition) is 2. The van der Waals surface area contributed by atoms with Crippen LogP contribution in [-0.4, -0.2) is 10.8 Å². The molecule has 1 aliphatic carbocycles. The van der Waals surface area contributed by atoms with E-state index in [2.05, 4.69) is 27.7 Å². The SMILES string of the molecule is CC1(C)C(C(=O)N2Cc3ccc(N)cc3C2)C1(C)C. The van der Waals surface area contributed by atoms with Crippen LogP contribution in [-0.2, 0) is 17.9 Å². The lowest BCUT2D eigenvalue weighted by Crippen LogP contribution is -2.29. The summed E-state index contributed by atoms with van der Waals surface area (Å²) in [5.74, 6) is 0.441. The van der Waals surface area contributed by atoms with Gasteiger partial charge in [-0.2, -0.15) is 0 Å². The van der Waals surface area contributed by atoms with Crippen LogP contribution in [0.1, 0.15) is 38.8 Å². The van der Waals surface area contributed by atoms with Crippen LogP contribution in [0, 0.1) is 16.7 Å². The topological polar surface area (TPSA) is 46.3 Å². The van der Waals surface area contributed by atoms with Crippen LogP contribution >= 0.6 is 0 Å². The van der Waals surface area contributed by atoms with Crippen LogP contribution in [0.4, 0.5) is 5.69 Å². The van der Waals surface area contributed by atoms with Gasteiger partial charge in [0.2, 0.25) is 5.91 Å². The maximum Gasteiger partial charge on any atom is 0.227 e. The second-order valence-electron chi connectivity index (χ2n) is 7.10. The van der Waals surface area contributed by atoms with Crippen molar-refractivity contribution in [2.24, 2.45) is 16.7 Å². The Morgan fingerprint density at radius 2 is 1.74 bits per heavy atom. The third-order valence-corrected chi connectivity index (χ3v) is 5.53. The van der Waals surface area contributed by atoms with E-state index in [1.807, 2.05) is 23.1 Å². The number of fused-ring (bicyclic) bond motifs is 1. The summed E-state index contributed by atoms with van der Waals surface area (Å²) in [7, 11) is 0. The van der Waals surface area contributed by atoms with Crippen molar-refractivity contribution in [3.05, 3.63) is 29.3 Å². The van der Waals surface area contributed by atoms with E-state index < -0.39 is 0 Å². The van der Waals surface area contributed by atoms with E-state index in [-0.39, 0.29) is 16.7 Å². The predicted octanol–water partition coefficient (Wildman–Crippen LogP) is 2.79. The second kappa shape index (κ2) is 3.53. The van der Waals surface area contributed by atoms with Crippen LogP contribution in [0.3, 0.4) is 0 Å². The first-order valence-electron chi connectivity index (χ1n) is 6.91. The lowest BCUT2D eigenvalue weighted by atomic mass is 10.0. The summed E-state index contributed by atoms with van der Waals surface area (Å²) in [6.07, 6.45) is 0. The van der Waals surface area contributed by atoms with Gasteiger partial charge in [0.05, 0.1) is 0 Å². The normalized spacial score (nSPS) is 23.3. The molecule has 1 aromatic rings. The molecule has 19 heavy (non-hydrogen) atoms. The number of benzene rings is 1. The van der Waals surface area contributed by atoms with E-state index in [0.717, 1.165) is 12.2 Å². The van der Waals surface area contributed by atoms with Crippen molar-refractivity contribution in [3.63, 3.8) is 0 Å². The maximum absolute atomic E-state index is 12.7. The standard InChI is InChI=1S/C16H22N2O/c1-15(2)13(16(15,3)4)14(19)18-8-10-5-6-12(17)7-11(10)9-18/h5-7,13H,8-9,17H2,1-4H3. The zero-order chi connectivity index (χ0) is 14.0. The summed E-state index contributed by atoms with van der Waals surface area (Å²) >= 11 is 0. The Balaban J connectivity index is 1.79. The Bertz CT molecular complexity index is 546. The van der Waals surface area contributed by atoms with Crippen molar-refractivity contribution >= 4 is 11.6 Å². The Hall–Kier alpha value is -1.51. The van der Waals surface area contributed by atoms with Crippen molar-refractivity contribution in [2.75, 3.05) is 5.73 Å². The first-order chi connectivity index (χ1) is 8.75. The Morgan fingerprint density at radius 1 is 1.16 bits per heavy atom. The van der Waals surface area contributed by atoms with Gasteiger partial charge < -0.3 is 10.6 Å². The van der Waals surface area contributed by atoms with Gasteiger partial charge in [-0.05, 0) is 34.1 Å². The van der Waals surface area contributed by atoms with Crippen LogP contribution in [0.5, 0.6) is 0 Å². The van der Waals surface area contributed by atoms with Gasteiger partial charge >= 0.3 is 0 Å². The minimum Gasteiger partial charge on any atom is -0.399 e. The van der Waals surface area contributed by atoms with Gasteiger partial charge in [-0.25, -0.2) is 0 Å². The molecule has 1 aliphatic heterocycles. The molecule has 3 rings (SSSR count). The average Bonchev–Trinajstić information content (AvgIpc) is 2.64. The quantitative estimate of drug-likeness (QED) is 0.787. The molecule has 1 heterocycles. The number of hydrogen-bond donors (Lipinski definition) is 1. The molecule has 1 fully saturated rings. The fourth-order valence-electron chi connectivity index (χ4n) is 3.57. The average molecular weight is 258 g/mol. The molecule has 3 nitrogen and oxygen atoms in total. The fourth-order valence-corrected chi connectivity index (χ4v) is 3.57. The molecule has 1 saturated carbocycles. The number of nitrogen functional groups attached to an aromatic ring is 1. The van der Waals surface area contributed by atoms with E-state index in [4.69, 9.17) is 5.73 Å². The van der Waals surface area contributed by atoms with Crippen molar-refractivity contribution < 1.29 is 4.79 Å². The van der Waals surface area contributed by atoms with Gasteiger partial charge in [0.15, 0.2) is 0 Å². The first-order valence-corrected chi connectivity index (χ1v) is 6.91. The predicted molar refractivity (Wildman–Crippen MR) is 76.2 cm³/mol. The largest absolute Gasteiger partial charge is 0.399 e. The number of amides is 1. The third-order valence-electron chi connectivity index (χ3n) is 5.53. The number of nitrogens with two attached hydrogens (primary N) is 1. The minimum atomic E-state index is 0.109. The van der Waals surface area contributed by atoms with E-state index >= 15 is 0 Å². The van der Waals surface area contributed by atoms with Gasteiger partial charge in [-0.15, -0.1) is 0 Å².